The highest BCUT2D eigenvalue weighted by molar-refractivity contribution is 5.84. The maximum absolute atomic E-state index is 11.6. The molecule has 0 radical (unpaired) electrons. The number of carbonyl (C=O) groups excluding carboxylic acids is 1. The van der Waals surface area contributed by atoms with E-state index in [4.69, 9.17) is 10.2 Å². The fourth-order valence-electron chi connectivity index (χ4n) is 1.15. The zero-order valence-corrected chi connectivity index (χ0v) is 10.5. The van der Waals surface area contributed by atoms with Crippen molar-refractivity contribution in [1.82, 2.24) is 15.1 Å². The molecular weight excluding hydrogens is 242 g/mol. The summed E-state index contributed by atoms with van der Waals surface area (Å²) in [6.07, 6.45) is 0. The van der Waals surface area contributed by atoms with Crippen molar-refractivity contribution in [2.45, 2.75) is 6.92 Å². The fourth-order valence-corrected chi connectivity index (χ4v) is 1.15. The standard InChI is InChI=1S/C10H19N3O5/c1-3-12(2)5-4-11-10(18)13(6-8(14)15)7-9(16)17/h3-7H2,1-2H3,(H,11,18)(H,14,15)(H,16,17). The second-order valence-corrected chi connectivity index (χ2v) is 3.77. The smallest absolute Gasteiger partial charge is 0.323 e. The Hall–Kier alpha value is -1.83. The lowest BCUT2D eigenvalue weighted by atomic mass is 10.4. The highest BCUT2D eigenvalue weighted by Gasteiger charge is 2.19. The molecule has 0 saturated carbocycles. The van der Waals surface area contributed by atoms with Gasteiger partial charge in [-0.15, -0.1) is 0 Å². The zero-order chi connectivity index (χ0) is 14.1. The Morgan fingerprint density at radius 2 is 1.61 bits per heavy atom. The first-order chi connectivity index (χ1) is 8.36. The average Bonchev–Trinajstić information content (AvgIpc) is 2.26. The third kappa shape index (κ3) is 7.44. The van der Waals surface area contributed by atoms with Crippen LogP contribution in [0.15, 0.2) is 0 Å². The lowest BCUT2D eigenvalue weighted by Gasteiger charge is -2.20. The van der Waals surface area contributed by atoms with Crippen LogP contribution in [0.1, 0.15) is 6.92 Å². The molecule has 0 fully saturated rings. The highest BCUT2D eigenvalue weighted by Crippen LogP contribution is 1.90. The maximum Gasteiger partial charge on any atom is 0.323 e. The van der Waals surface area contributed by atoms with Gasteiger partial charge in [0.15, 0.2) is 0 Å². The van der Waals surface area contributed by atoms with Gasteiger partial charge >= 0.3 is 18.0 Å². The van der Waals surface area contributed by atoms with Gasteiger partial charge in [0.05, 0.1) is 0 Å². The molecule has 0 aliphatic carbocycles. The first-order valence-corrected chi connectivity index (χ1v) is 5.51. The summed E-state index contributed by atoms with van der Waals surface area (Å²) in [7, 11) is 1.87. The molecule has 0 rings (SSSR count). The molecule has 8 nitrogen and oxygen atoms in total. The van der Waals surface area contributed by atoms with Crippen molar-refractivity contribution in [3.05, 3.63) is 0 Å². The van der Waals surface area contributed by atoms with Crippen LogP contribution in [0.3, 0.4) is 0 Å². The summed E-state index contributed by atoms with van der Waals surface area (Å²) >= 11 is 0. The van der Waals surface area contributed by atoms with Gasteiger partial charge in [-0.3, -0.25) is 9.59 Å². The number of urea groups is 1. The Morgan fingerprint density at radius 3 is 2.00 bits per heavy atom. The Balaban J connectivity index is 4.20. The van der Waals surface area contributed by atoms with Gasteiger partial charge in [-0.05, 0) is 13.6 Å². The van der Waals surface area contributed by atoms with E-state index in [2.05, 4.69) is 5.32 Å². The summed E-state index contributed by atoms with van der Waals surface area (Å²) in [5, 5.41) is 19.6. The van der Waals surface area contributed by atoms with Crippen molar-refractivity contribution in [3.63, 3.8) is 0 Å². The van der Waals surface area contributed by atoms with Gasteiger partial charge in [-0.2, -0.15) is 0 Å². The van der Waals surface area contributed by atoms with E-state index in [1.54, 1.807) is 0 Å². The molecule has 0 bridgehead atoms. The molecule has 0 spiro atoms. The van der Waals surface area contributed by atoms with Crippen LogP contribution < -0.4 is 5.32 Å². The summed E-state index contributed by atoms with van der Waals surface area (Å²) in [6, 6.07) is -0.690. The Bertz CT molecular complexity index is 292. The molecule has 0 aliphatic rings. The molecule has 8 heteroatoms. The number of carbonyl (C=O) groups is 3. The molecule has 0 saturated heterocycles. The number of amides is 2. The van der Waals surface area contributed by atoms with E-state index in [1.165, 1.54) is 0 Å². The second-order valence-electron chi connectivity index (χ2n) is 3.77. The molecule has 0 heterocycles. The summed E-state index contributed by atoms with van der Waals surface area (Å²) in [5.41, 5.74) is 0. The normalized spacial score (nSPS) is 10.2. The van der Waals surface area contributed by atoms with Gasteiger partial charge in [0, 0.05) is 13.1 Å². The molecule has 0 aliphatic heterocycles. The molecule has 0 unspecified atom stereocenters. The predicted molar refractivity (Wildman–Crippen MR) is 63.4 cm³/mol. The van der Waals surface area contributed by atoms with Gasteiger partial charge in [0.25, 0.3) is 0 Å². The second kappa shape index (κ2) is 8.29. The van der Waals surface area contributed by atoms with Gasteiger partial charge < -0.3 is 25.3 Å². The van der Waals surface area contributed by atoms with Gasteiger partial charge in [-0.1, -0.05) is 6.92 Å². The number of likely N-dealkylation sites (N-methyl/N-ethyl adjacent to an activating group) is 1. The Labute approximate surface area is 105 Å². The van der Waals surface area contributed by atoms with Crippen molar-refractivity contribution in [2.24, 2.45) is 0 Å². The third-order valence-electron chi connectivity index (χ3n) is 2.25. The molecule has 0 atom stereocenters. The minimum atomic E-state index is -1.25. The average molecular weight is 261 g/mol. The van der Waals surface area contributed by atoms with Crippen LogP contribution in [0.25, 0.3) is 0 Å². The quantitative estimate of drug-likeness (QED) is 0.523. The summed E-state index contributed by atoms with van der Waals surface area (Å²) < 4.78 is 0. The van der Waals surface area contributed by atoms with Gasteiger partial charge in [-0.25, -0.2) is 4.79 Å². The molecule has 3 N–H and O–H groups in total. The minimum absolute atomic E-state index is 0.332. The number of nitrogens with zero attached hydrogens (tertiary/aromatic N) is 2. The van der Waals surface area contributed by atoms with Crippen molar-refractivity contribution >= 4 is 18.0 Å². The molecule has 104 valence electrons. The van der Waals surface area contributed by atoms with Crippen LogP contribution in [0.5, 0.6) is 0 Å². The molecule has 0 aromatic carbocycles. The third-order valence-corrected chi connectivity index (χ3v) is 2.25. The summed E-state index contributed by atoms with van der Waals surface area (Å²) in [5.74, 6) is -2.51. The van der Waals surface area contributed by atoms with E-state index in [9.17, 15) is 14.4 Å². The lowest BCUT2D eigenvalue weighted by Crippen LogP contribution is -2.46. The first kappa shape index (κ1) is 16.2. The Kier molecular flexibility index (Phi) is 7.45. The van der Waals surface area contributed by atoms with E-state index >= 15 is 0 Å². The van der Waals surface area contributed by atoms with Crippen molar-refractivity contribution in [2.75, 3.05) is 39.8 Å². The lowest BCUT2D eigenvalue weighted by molar-refractivity contribution is -0.140. The van der Waals surface area contributed by atoms with Crippen molar-refractivity contribution in [3.8, 4) is 0 Å². The first-order valence-electron chi connectivity index (χ1n) is 5.51. The number of hydrogen-bond acceptors (Lipinski definition) is 4. The van der Waals surface area contributed by atoms with Crippen LogP contribution >= 0.6 is 0 Å². The van der Waals surface area contributed by atoms with Crippen LogP contribution in [0.4, 0.5) is 4.79 Å². The van der Waals surface area contributed by atoms with Crippen LogP contribution in [0.2, 0.25) is 0 Å². The van der Waals surface area contributed by atoms with Crippen LogP contribution in [-0.4, -0.2) is 77.8 Å². The largest absolute Gasteiger partial charge is 0.480 e. The van der Waals surface area contributed by atoms with Crippen molar-refractivity contribution < 1.29 is 24.6 Å². The highest BCUT2D eigenvalue weighted by atomic mass is 16.4. The number of carboxylic acids is 2. The summed E-state index contributed by atoms with van der Waals surface area (Å²) in [4.78, 5) is 35.2. The maximum atomic E-state index is 11.6. The van der Waals surface area contributed by atoms with E-state index in [0.717, 1.165) is 11.4 Å². The molecule has 0 aromatic heterocycles. The number of hydrogen-bond donors (Lipinski definition) is 3. The number of aliphatic carboxylic acids is 2. The zero-order valence-electron chi connectivity index (χ0n) is 10.5. The van der Waals surface area contributed by atoms with E-state index in [1.807, 2.05) is 18.9 Å². The monoisotopic (exact) mass is 261 g/mol. The molecular formula is C10H19N3O5. The Morgan fingerprint density at radius 1 is 1.11 bits per heavy atom. The van der Waals surface area contributed by atoms with E-state index in [-0.39, 0.29) is 0 Å². The van der Waals surface area contributed by atoms with E-state index in [0.29, 0.717) is 13.1 Å². The van der Waals surface area contributed by atoms with E-state index < -0.39 is 31.1 Å². The SMILES string of the molecule is CCN(C)CCNC(=O)N(CC(=O)O)CC(=O)O. The number of carboxylic acid groups (broad SMARTS) is 2. The number of rotatable bonds is 8. The predicted octanol–water partition coefficient (Wildman–Crippen LogP) is -0.881. The van der Waals surface area contributed by atoms with Crippen LogP contribution in [-0.2, 0) is 9.59 Å². The van der Waals surface area contributed by atoms with Gasteiger partial charge in [0.1, 0.15) is 13.1 Å². The number of nitrogens with one attached hydrogen (secondary N) is 1. The minimum Gasteiger partial charge on any atom is -0.480 e. The topological polar surface area (TPSA) is 110 Å². The van der Waals surface area contributed by atoms with Crippen LogP contribution in [0, 0.1) is 0 Å². The van der Waals surface area contributed by atoms with Crippen molar-refractivity contribution in [1.29, 1.82) is 0 Å². The van der Waals surface area contributed by atoms with Gasteiger partial charge in [0.2, 0.25) is 0 Å². The summed E-state index contributed by atoms with van der Waals surface area (Å²) in [6.45, 7) is 2.45. The molecule has 18 heavy (non-hydrogen) atoms. The fraction of sp³-hybridized carbons (Fsp3) is 0.700. The molecule has 0 aromatic rings. The molecule has 2 amide bonds.